The van der Waals surface area contributed by atoms with Crippen molar-refractivity contribution in [1.29, 1.82) is 0 Å². The first-order valence-corrected chi connectivity index (χ1v) is 5.70. The molecule has 1 aromatic rings. The van der Waals surface area contributed by atoms with Gasteiger partial charge in [0, 0.05) is 12.0 Å². The minimum atomic E-state index is -1.60. The Kier molecular flexibility index (Phi) is 5.32. The van der Waals surface area contributed by atoms with E-state index in [1.165, 1.54) is 6.07 Å². The number of aldehydes is 1. The van der Waals surface area contributed by atoms with Crippen LogP contribution in [0, 0.1) is 0 Å². The number of aliphatic hydroxyl groups excluding tert-OH is 1. The Morgan fingerprint density at radius 2 is 2.22 bits per heavy atom. The molecule has 0 aliphatic heterocycles. The second kappa shape index (κ2) is 6.76. The summed E-state index contributed by atoms with van der Waals surface area (Å²) in [6.07, 6.45) is -0.255. The fourth-order valence-electron chi connectivity index (χ4n) is 1.73. The molecule has 0 aromatic heterocycles. The number of aliphatic hydroxyl groups is 1. The fourth-order valence-corrected chi connectivity index (χ4v) is 1.73. The molecule has 1 rings (SSSR count). The van der Waals surface area contributed by atoms with Crippen molar-refractivity contribution in [2.45, 2.75) is 25.9 Å². The zero-order chi connectivity index (χ0) is 13.5. The van der Waals surface area contributed by atoms with E-state index >= 15 is 0 Å². The van der Waals surface area contributed by atoms with Crippen LogP contribution in [-0.4, -0.2) is 29.1 Å². The first-order valence-electron chi connectivity index (χ1n) is 5.70. The van der Waals surface area contributed by atoms with Gasteiger partial charge in [0.2, 0.25) is 0 Å². The highest BCUT2D eigenvalue weighted by molar-refractivity contribution is 5.75. The normalized spacial score (nSPS) is 11.9. The SMILES string of the molecule is CCOc1cccc(C(O)C(=O)O)c1CCC=O. The monoisotopic (exact) mass is 252 g/mol. The Bertz CT molecular complexity index is 427. The molecule has 0 fully saturated rings. The number of aliphatic carboxylic acids is 1. The molecule has 98 valence electrons. The number of ether oxygens (including phenoxy) is 1. The molecular weight excluding hydrogens is 236 g/mol. The van der Waals surface area contributed by atoms with Crippen molar-refractivity contribution < 1.29 is 24.5 Å². The summed E-state index contributed by atoms with van der Waals surface area (Å²) in [4.78, 5) is 21.3. The van der Waals surface area contributed by atoms with E-state index in [1.807, 2.05) is 6.92 Å². The summed E-state index contributed by atoms with van der Waals surface area (Å²) in [5.74, 6) is -0.812. The van der Waals surface area contributed by atoms with Crippen molar-refractivity contribution in [1.82, 2.24) is 0 Å². The van der Waals surface area contributed by atoms with Crippen LogP contribution in [0.15, 0.2) is 18.2 Å². The van der Waals surface area contributed by atoms with Crippen molar-refractivity contribution in [3.63, 3.8) is 0 Å². The third kappa shape index (κ3) is 3.30. The van der Waals surface area contributed by atoms with Crippen LogP contribution in [0.5, 0.6) is 5.75 Å². The number of carbonyl (C=O) groups excluding carboxylic acids is 1. The van der Waals surface area contributed by atoms with Crippen LogP contribution in [0.2, 0.25) is 0 Å². The maximum absolute atomic E-state index is 10.8. The molecule has 0 saturated heterocycles. The maximum atomic E-state index is 10.8. The Hall–Kier alpha value is -1.88. The topological polar surface area (TPSA) is 83.8 Å². The van der Waals surface area contributed by atoms with Crippen LogP contribution in [-0.2, 0) is 16.0 Å². The van der Waals surface area contributed by atoms with E-state index in [2.05, 4.69) is 0 Å². The van der Waals surface area contributed by atoms with Gasteiger partial charge in [0.15, 0.2) is 6.10 Å². The number of hydrogen-bond acceptors (Lipinski definition) is 4. The molecule has 0 bridgehead atoms. The number of carboxylic acid groups (broad SMARTS) is 1. The average molecular weight is 252 g/mol. The smallest absolute Gasteiger partial charge is 0.337 e. The fraction of sp³-hybridized carbons (Fsp3) is 0.385. The van der Waals surface area contributed by atoms with Crippen LogP contribution >= 0.6 is 0 Å². The Morgan fingerprint density at radius 1 is 1.50 bits per heavy atom. The van der Waals surface area contributed by atoms with Gasteiger partial charge < -0.3 is 19.7 Å². The molecule has 1 aromatic carbocycles. The summed E-state index contributed by atoms with van der Waals surface area (Å²) in [5, 5.41) is 18.5. The second-order valence-corrected chi connectivity index (χ2v) is 3.70. The highest BCUT2D eigenvalue weighted by Crippen LogP contribution is 2.28. The molecular formula is C13H16O5. The lowest BCUT2D eigenvalue weighted by Crippen LogP contribution is -2.14. The summed E-state index contributed by atoms with van der Waals surface area (Å²) in [6, 6.07) is 4.85. The third-order valence-electron chi connectivity index (χ3n) is 2.51. The van der Waals surface area contributed by atoms with Crippen LogP contribution in [0.3, 0.4) is 0 Å². The predicted octanol–water partition coefficient (Wildman–Crippen LogP) is 1.33. The Morgan fingerprint density at radius 3 is 2.78 bits per heavy atom. The molecule has 0 heterocycles. The molecule has 5 nitrogen and oxygen atoms in total. The lowest BCUT2D eigenvalue weighted by Gasteiger charge is -2.16. The minimum absolute atomic E-state index is 0.253. The van der Waals surface area contributed by atoms with Gasteiger partial charge in [0.05, 0.1) is 6.61 Å². The highest BCUT2D eigenvalue weighted by Gasteiger charge is 2.21. The molecule has 2 N–H and O–H groups in total. The van der Waals surface area contributed by atoms with Crippen LogP contribution in [0.1, 0.15) is 30.6 Å². The standard InChI is InChI=1S/C13H16O5/c1-2-18-11-7-3-5-10(12(15)13(16)17)9(11)6-4-8-14/h3,5,7-8,12,15H,2,4,6H2,1H3,(H,16,17). The first kappa shape index (κ1) is 14.2. The number of benzene rings is 1. The summed E-state index contributed by atoms with van der Waals surface area (Å²) >= 11 is 0. The minimum Gasteiger partial charge on any atom is -0.494 e. The van der Waals surface area contributed by atoms with E-state index < -0.39 is 12.1 Å². The lowest BCUT2D eigenvalue weighted by atomic mass is 9.97. The highest BCUT2D eigenvalue weighted by atomic mass is 16.5. The van der Waals surface area contributed by atoms with Gasteiger partial charge in [0.25, 0.3) is 0 Å². The zero-order valence-corrected chi connectivity index (χ0v) is 10.1. The van der Waals surface area contributed by atoms with Gasteiger partial charge in [-0.1, -0.05) is 12.1 Å². The predicted molar refractivity (Wildman–Crippen MR) is 64.6 cm³/mol. The van der Waals surface area contributed by atoms with E-state index in [1.54, 1.807) is 12.1 Å². The third-order valence-corrected chi connectivity index (χ3v) is 2.51. The van der Waals surface area contributed by atoms with Crippen LogP contribution in [0.4, 0.5) is 0 Å². The van der Waals surface area contributed by atoms with Crippen molar-refractivity contribution in [3.8, 4) is 5.75 Å². The van der Waals surface area contributed by atoms with Crippen LogP contribution < -0.4 is 4.74 Å². The molecule has 0 saturated carbocycles. The van der Waals surface area contributed by atoms with Gasteiger partial charge in [-0.15, -0.1) is 0 Å². The molecule has 0 aliphatic rings. The Labute approximate surface area is 105 Å². The summed E-state index contributed by atoms with van der Waals surface area (Å²) in [5.41, 5.74) is 0.844. The number of hydrogen-bond donors (Lipinski definition) is 2. The van der Waals surface area contributed by atoms with E-state index in [-0.39, 0.29) is 12.0 Å². The number of rotatable bonds is 7. The average Bonchev–Trinajstić information content (AvgIpc) is 2.36. The van der Waals surface area contributed by atoms with E-state index in [0.29, 0.717) is 24.3 Å². The zero-order valence-electron chi connectivity index (χ0n) is 10.1. The largest absolute Gasteiger partial charge is 0.494 e. The van der Waals surface area contributed by atoms with Gasteiger partial charge in [0.1, 0.15) is 12.0 Å². The molecule has 0 aliphatic carbocycles. The molecule has 1 unspecified atom stereocenters. The molecule has 18 heavy (non-hydrogen) atoms. The lowest BCUT2D eigenvalue weighted by molar-refractivity contribution is -0.147. The molecule has 0 amide bonds. The van der Waals surface area contributed by atoms with Crippen molar-refractivity contribution in [3.05, 3.63) is 29.3 Å². The molecule has 0 radical (unpaired) electrons. The van der Waals surface area contributed by atoms with Crippen molar-refractivity contribution in [2.75, 3.05) is 6.61 Å². The van der Waals surface area contributed by atoms with E-state index in [0.717, 1.165) is 6.29 Å². The van der Waals surface area contributed by atoms with Gasteiger partial charge in [-0.05, 0) is 25.0 Å². The quantitative estimate of drug-likeness (QED) is 0.715. The maximum Gasteiger partial charge on any atom is 0.337 e. The first-order chi connectivity index (χ1) is 8.61. The number of carbonyl (C=O) groups is 2. The van der Waals surface area contributed by atoms with Gasteiger partial charge in [-0.3, -0.25) is 0 Å². The van der Waals surface area contributed by atoms with Gasteiger partial charge in [-0.25, -0.2) is 4.79 Å². The van der Waals surface area contributed by atoms with E-state index in [4.69, 9.17) is 9.84 Å². The van der Waals surface area contributed by atoms with Crippen molar-refractivity contribution >= 4 is 12.3 Å². The van der Waals surface area contributed by atoms with Crippen LogP contribution in [0.25, 0.3) is 0 Å². The number of carboxylic acids is 1. The Balaban J connectivity index is 3.17. The molecule has 1 atom stereocenters. The molecule has 0 spiro atoms. The summed E-state index contributed by atoms with van der Waals surface area (Å²) in [6.45, 7) is 2.24. The molecule has 5 heteroatoms. The van der Waals surface area contributed by atoms with Crippen molar-refractivity contribution in [2.24, 2.45) is 0 Å². The van der Waals surface area contributed by atoms with Gasteiger partial charge >= 0.3 is 5.97 Å². The second-order valence-electron chi connectivity index (χ2n) is 3.70. The summed E-state index contributed by atoms with van der Waals surface area (Å²) < 4.78 is 5.38. The van der Waals surface area contributed by atoms with E-state index in [9.17, 15) is 14.7 Å². The van der Waals surface area contributed by atoms with Gasteiger partial charge in [-0.2, -0.15) is 0 Å². The summed E-state index contributed by atoms with van der Waals surface area (Å²) in [7, 11) is 0.